The van der Waals surface area contributed by atoms with Crippen LogP contribution < -0.4 is 11.3 Å². The van der Waals surface area contributed by atoms with Crippen LogP contribution in [0.3, 0.4) is 0 Å². The van der Waals surface area contributed by atoms with Gasteiger partial charge in [0, 0.05) is 19.0 Å². The van der Waals surface area contributed by atoms with Crippen molar-refractivity contribution in [3.63, 3.8) is 0 Å². The maximum atomic E-state index is 5.69. The lowest BCUT2D eigenvalue weighted by Crippen LogP contribution is -2.37. The Morgan fingerprint density at radius 2 is 2.05 bits per heavy atom. The zero-order valence-corrected chi connectivity index (χ0v) is 12.6. The summed E-state index contributed by atoms with van der Waals surface area (Å²) in [6.07, 6.45) is 5.50. The first-order valence-corrected chi connectivity index (χ1v) is 7.70. The van der Waals surface area contributed by atoms with Crippen molar-refractivity contribution in [3.05, 3.63) is 30.1 Å². The molecule has 0 radical (unpaired) electrons. The Balaban J connectivity index is 2.25. The first-order valence-electron chi connectivity index (χ1n) is 7.70. The van der Waals surface area contributed by atoms with Gasteiger partial charge in [0.1, 0.15) is 5.82 Å². The molecule has 2 rings (SSSR count). The minimum atomic E-state index is 0.308. The molecule has 0 spiro atoms. The molecule has 3 N–H and O–H groups in total. The van der Waals surface area contributed by atoms with Crippen molar-refractivity contribution in [2.75, 3.05) is 0 Å². The Bertz CT molecular complexity index is 532. The van der Waals surface area contributed by atoms with Crippen LogP contribution in [0, 0.1) is 0 Å². The summed E-state index contributed by atoms with van der Waals surface area (Å²) in [7, 11) is 0. The molecule has 1 unspecified atom stereocenters. The minimum absolute atomic E-state index is 0.308. The predicted molar refractivity (Wildman–Crippen MR) is 84.4 cm³/mol. The van der Waals surface area contributed by atoms with Crippen molar-refractivity contribution in [3.8, 4) is 0 Å². The third kappa shape index (κ3) is 3.38. The molecule has 1 atom stereocenters. The number of nitrogens with one attached hydrogen (secondary N) is 1. The van der Waals surface area contributed by atoms with Crippen LogP contribution in [-0.4, -0.2) is 15.6 Å². The van der Waals surface area contributed by atoms with E-state index in [4.69, 9.17) is 10.8 Å². The Morgan fingerprint density at radius 1 is 1.25 bits per heavy atom. The molecule has 4 heteroatoms. The number of nitrogens with two attached hydrogens (primary N) is 1. The van der Waals surface area contributed by atoms with E-state index in [0.717, 1.165) is 37.1 Å². The smallest absolute Gasteiger partial charge is 0.111 e. The van der Waals surface area contributed by atoms with Crippen LogP contribution >= 0.6 is 0 Å². The SMILES string of the molecule is CCCCC(Cc1nc2ccccc2n1CCC)NN. The van der Waals surface area contributed by atoms with Gasteiger partial charge in [-0.2, -0.15) is 0 Å². The topological polar surface area (TPSA) is 55.9 Å². The van der Waals surface area contributed by atoms with Crippen molar-refractivity contribution >= 4 is 11.0 Å². The maximum absolute atomic E-state index is 5.69. The number of aromatic nitrogens is 2. The normalized spacial score (nSPS) is 12.9. The molecule has 0 amide bonds. The zero-order chi connectivity index (χ0) is 14.4. The van der Waals surface area contributed by atoms with Crippen LogP contribution in [0.2, 0.25) is 0 Å². The summed E-state index contributed by atoms with van der Waals surface area (Å²) in [5.74, 6) is 6.84. The van der Waals surface area contributed by atoms with Gasteiger partial charge in [-0.15, -0.1) is 0 Å². The number of unbranched alkanes of at least 4 members (excludes halogenated alkanes) is 1. The molecule has 0 saturated heterocycles. The van der Waals surface area contributed by atoms with Crippen LogP contribution in [0.5, 0.6) is 0 Å². The summed E-state index contributed by atoms with van der Waals surface area (Å²) < 4.78 is 2.34. The van der Waals surface area contributed by atoms with E-state index in [1.165, 1.54) is 18.4 Å². The second-order valence-corrected chi connectivity index (χ2v) is 5.38. The second kappa shape index (κ2) is 7.41. The van der Waals surface area contributed by atoms with Gasteiger partial charge < -0.3 is 4.57 Å². The molecule has 2 aromatic rings. The Kier molecular flexibility index (Phi) is 5.56. The van der Waals surface area contributed by atoms with Gasteiger partial charge in [-0.25, -0.2) is 4.98 Å². The zero-order valence-electron chi connectivity index (χ0n) is 12.6. The molecule has 0 aliphatic heterocycles. The highest BCUT2D eigenvalue weighted by atomic mass is 15.2. The molecular formula is C16H26N4. The van der Waals surface area contributed by atoms with Crippen LogP contribution in [-0.2, 0) is 13.0 Å². The number of hydrogen-bond donors (Lipinski definition) is 2. The summed E-state index contributed by atoms with van der Waals surface area (Å²) in [6.45, 7) is 5.43. The average Bonchev–Trinajstić information content (AvgIpc) is 2.82. The number of imidazole rings is 1. The monoisotopic (exact) mass is 274 g/mol. The number of rotatable bonds is 8. The van der Waals surface area contributed by atoms with Gasteiger partial charge >= 0.3 is 0 Å². The fourth-order valence-corrected chi connectivity index (χ4v) is 2.67. The highest BCUT2D eigenvalue weighted by Gasteiger charge is 2.14. The molecule has 0 aliphatic rings. The van der Waals surface area contributed by atoms with E-state index in [1.807, 2.05) is 6.07 Å². The lowest BCUT2D eigenvalue weighted by Gasteiger charge is -2.16. The van der Waals surface area contributed by atoms with E-state index in [-0.39, 0.29) is 0 Å². The molecule has 20 heavy (non-hydrogen) atoms. The Labute approximate surface area is 121 Å². The first-order chi connectivity index (χ1) is 9.80. The van der Waals surface area contributed by atoms with Gasteiger partial charge in [0.05, 0.1) is 11.0 Å². The van der Waals surface area contributed by atoms with E-state index in [2.05, 4.69) is 42.0 Å². The van der Waals surface area contributed by atoms with Gasteiger partial charge in [-0.1, -0.05) is 38.8 Å². The minimum Gasteiger partial charge on any atom is -0.328 e. The number of fused-ring (bicyclic) bond motifs is 1. The number of nitrogens with zero attached hydrogens (tertiary/aromatic N) is 2. The number of hydrazine groups is 1. The molecule has 1 aromatic heterocycles. The summed E-state index contributed by atoms with van der Waals surface area (Å²) in [6, 6.07) is 8.67. The van der Waals surface area contributed by atoms with Crippen LogP contribution in [0.15, 0.2) is 24.3 Å². The Morgan fingerprint density at radius 3 is 2.75 bits per heavy atom. The largest absolute Gasteiger partial charge is 0.328 e. The quantitative estimate of drug-likeness (QED) is 0.574. The molecule has 1 heterocycles. The molecular weight excluding hydrogens is 248 g/mol. The molecule has 0 saturated carbocycles. The summed E-state index contributed by atoms with van der Waals surface area (Å²) >= 11 is 0. The molecule has 0 aliphatic carbocycles. The first kappa shape index (κ1) is 15.0. The number of aryl methyl sites for hydroxylation is 1. The van der Waals surface area contributed by atoms with Crippen LogP contribution in [0.4, 0.5) is 0 Å². The molecule has 110 valence electrons. The van der Waals surface area contributed by atoms with Gasteiger partial charge in [0.2, 0.25) is 0 Å². The number of benzene rings is 1. The predicted octanol–water partition coefficient (Wildman–Crippen LogP) is 3.01. The van der Waals surface area contributed by atoms with E-state index in [9.17, 15) is 0 Å². The fourth-order valence-electron chi connectivity index (χ4n) is 2.67. The highest BCUT2D eigenvalue weighted by Crippen LogP contribution is 2.18. The van der Waals surface area contributed by atoms with Crippen molar-refractivity contribution in [2.45, 2.75) is 58.5 Å². The van der Waals surface area contributed by atoms with Gasteiger partial charge in [-0.05, 0) is 25.0 Å². The average molecular weight is 274 g/mol. The van der Waals surface area contributed by atoms with Crippen molar-refractivity contribution in [1.82, 2.24) is 15.0 Å². The van der Waals surface area contributed by atoms with E-state index in [0.29, 0.717) is 6.04 Å². The van der Waals surface area contributed by atoms with Gasteiger partial charge in [-0.3, -0.25) is 11.3 Å². The second-order valence-electron chi connectivity index (χ2n) is 5.38. The summed E-state index contributed by atoms with van der Waals surface area (Å²) in [5.41, 5.74) is 5.26. The highest BCUT2D eigenvalue weighted by molar-refractivity contribution is 5.75. The van der Waals surface area contributed by atoms with Crippen molar-refractivity contribution in [2.24, 2.45) is 5.84 Å². The summed E-state index contributed by atoms with van der Waals surface area (Å²) in [5, 5.41) is 0. The van der Waals surface area contributed by atoms with Crippen molar-refractivity contribution < 1.29 is 0 Å². The Hall–Kier alpha value is -1.39. The van der Waals surface area contributed by atoms with E-state index >= 15 is 0 Å². The molecule has 0 fully saturated rings. The number of para-hydroxylation sites is 2. The molecule has 1 aromatic carbocycles. The van der Waals surface area contributed by atoms with Gasteiger partial charge in [0.25, 0.3) is 0 Å². The molecule has 4 nitrogen and oxygen atoms in total. The number of hydrogen-bond acceptors (Lipinski definition) is 3. The van der Waals surface area contributed by atoms with Crippen LogP contribution in [0.1, 0.15) is 45.4 Å². The third-order valence-corrected chi connectivity index (χ3v) is 3.75. The standard InChI is InChI=1S/C16H26N4/c1-3-5-8-13(19-17)12-16-18-14-9-6-7-10-15(14)20(16)11-4-2/h6-7,9-10,13,19H,3-5,8,11-12,17H2,1-2H3. The summed E-state index contributed by atoms with van der Waals surface area (Å²) in [4.78, 5) is 4.79. The third-order valence-electron chi connectivity index (χ3n) is 3.75. The van der Waals surface area contributed by atoms with Gasteiger partial charge in [0.15, 0.2) is 0 Å². The lowest BCUT2D eigenvalue weighted by molar-refractivity contribution is 0.457. The molecule has 0 bridgehead atoms. The van der Waals surface area contributed by atoms with E-state index in [1.54, 1.807) is 0 Å². The fraction of sp³-hybridized carbons (Fsp3) is 0.562. The lowest BCUT2D eigenvalue weighted by atomic mass is 10.1. The van der Waals surface area contributed by atoms with Crippen LogP contribution in [0.25, 0.3) is 11.0 Å². The van der Waals surface area contributed by atoms with Crippen molar-refractivity contribution in [1.29, 1.82) is 0 Å². The maximum Gasteiger partial charge on any atom is 0.111 e. The van der Waals surface area contributed by atoms with E-state index < -0.39 is 0 Å².